The van der Waals surface area contributed by atoms with Crippen LogP contribution in [0.5, 0.6) is 11.5 Å². The number of hydrogen-bond donors (Lipinski definition) is 1. The predicted octanol–water partition coefficient (Wildman–Crippen LogP) is 2.91. The molecule has 1 heterocycles. The maximum Gasteiger partial charge on any atom is 0.289 e. The van der Waals surface area contributed by atoms with Gasteiger partial charge in [0, 0.05) is 6.20 Å². The molecule has 0 saturated heterocycles. The molecule has 0 aliphatic heterocycles. The monoisotopic (exact) mass is 333 g/mol. The van der Waals surface area contributed by atoms with Gasteiger partial charge < -0.3 is 9.47 Å². The first-order valence-corrected chi connectivity index (χ1v) is 7.28. The number of pyridine rings is 1. The van der Waals surface area contributed by atoms with Crippen LogP contribution in [0.1, 0.15) is 23.0 Å². The van der Waals surface area contributed by atoms with E-state index in [4.69, 9.17) is 21.1 Å². The molecule has 1 aromatic carbocycles. The molecule has 0 bridgehead atoms. The number of rotatable bonds is 6. The number of nitrogens with zero attached hydrogens (tertiary/aromatic N) is 2. The fraction of sp³-hybridized carbons (Fsp3) is 0.188. The Hall–Kier alpha value is -2.60. The van der Waals surface area contributed by atoms with Crippen LogP contribution in [0.3, 0.4) is 0 Å². The quantitative estimate of drug-likeness (QED) is 0.651. The van der Waals surface area contributed by atoms with E-state index in [1.54, 1.807) is 30.3 Å². The second-order valence-corrected chi connectivity index (χ2v) is 4.79. The van der Waals surface area contributed by atoms with E-state index in [1.807, 2.05) is 6.92 Å². The summed E-state index contributed by atoms with van der Waals surface area (Å²) in [5.41, 5.74) is 3.35. The molecule has 0 aliphatic carbocycles. The third kappa shape index (κ3) is 4.43. The second kappa shape index (κ2) is 8.14. The normalized spacial score (nSPS) is 10.6. The van der Waals surface area contributed by atoms with Gasteiger partial charge in [0.25, 0.3) is 5.91 Å². The van der Waals surface area contributed by atoms with Gasteiger partial charge in [0.2, 0.25) is 0 Å². The second-order valence-electron chi connectivity index (χ2n) is 4.38. The van der Waals surface area contributed by atoms with E-state index in [9.17, 15) is 4.79 Å². The zero-order valence-electron chi connectivity index (χ0n) is 12.7. The van der Waals surface area contributed by atoms with Gasteiger partial charge in [0.05, 0.1) is 25.0 Å². The molecule has 1 amide bonds. The Bertz CT molecular complexity index is 705. The average molecular weight is 334 g/mol. The van der Waals surface area contributed by atoms with Crippen LogP contribution < -0.4 is 14.9 Å². The highest BCUT2D eigenvalue weighted by Crippen LogP contribution is 2.35. The van der Waals surface area contributed by atoms with Crippen LogP contribution in [0, 0.1) is 0 Å². The molecule has 0 unspecified atom stereocenters. The van der Waals surface area contributed by atoms with E-state index in [0.717, 1.165) is 0 Å². The number of carbonyl (C=O) groups is 1. The third-order valence-corrected chi connectivity index (χ3v) is 3.09. The van der Waals surface area contributed by atoms with Crippen LogP contribution in [-0.4, -0.2) is 30.8 Å². The predicted molar refractivity (Wildman–Crippen MR) is 88.5 cm³/mol. The summed E-state index contributed by atoms with van der Waals surface area (Å²) in [5.74, 6) is 0.578. The SMILES string of the molecule is CCOc1cc(/C=N\NC(=O)c2ccccn2)cc(Cl)c1OC. The molecule has 1 N–H and O–H groups in total. The van der Waals surface area contributed by atoms with Gasteiger partial charge >= 0.3 is 0 Å². The zero-order chi connectivity index (χ0) is 16.7. The van der Waals surface area contributed by atoms with Crippen molar-refractivity contribution in [3.05, 3.63) is 52.8 Å². The van der Waals surface area contributed by atoms with Gasteiger partial charge in [-0.25, -0.2) is 5.43 Å². The van der Waals surface area contributed by atoms with Gasteiger partial charge in [0.1, 0.15) is 5.69 Å². The number of carbonyl (C=O) groups excluding carboxylic acids is 1. The largest absolute Gasteiger partial charge is 0.491 e. The average Bonchev–Trinajstić information content (AvgIpc) is 2.56. The molecule has 23 heavy (non-hydrogen) atoms. The number of benzene rings is 1. The van der Waals surface area contributed by atoms with Crippen molar-refractivity contribution in [1.29, 1.82) is 0 Å². The molecule has 2 rings (SSSR count). The Morgan fingerprint density at radius 1 is 1.43 bits per heavy atom. The van der Waals surface area contributed by atoms with Crippen LogP contribution >= 0.6 is 11.6 Å². The topological polar surface area (TPSA) is 72.8 Å². The lowest BCUT2D eigenvalue weighted by Gasteiger charge is -2.11. The number of amides is 1. The smallest absolute Gasteiger partial charge is 0.289 e. The molecule has 0 fully saturated rings. The molecule has 7 heteroatoms. The minimum atomic E-state index is -0.397. The zero-order valence-corrected chi connectivity index (χ0v) is 13.5. The lowest BCUT2D eigenvalue weighted by molar-refractivity contribution is 0.0950. The van der Waals surface area contributed by atoms with E-state index < -0.39 is 5.91 Å². The van der Waals surface area contributed by atoms with Crippen molar-refractivity contribution in [3.63, 3.8) is 0 Å². The first-order chi connectivity index (χ1) is 11.2. The van der Waals surface area contributed by atoms with Gasteiger partial charge in [-0.3, -0.25) is 9.78 Å². The summed E-state index contributed by atoms with van der Waals surface area (Å²) >= 11 is 6.14. The number of halogens is 1. The Morgan fingerprint density at radius 2 is 2.26 bits per heavy atom. The molecule has 1 aromatic heterocycles. The Kier molecular flexibility index (Phi) is 5.94. The minimum Gasteiger partial charge on any atom is -0.491 e. The molecule has 2 aromatic rings. The van der Waals surface area contributed by atoms with Crippen LogP contribution in [0.2, 0.25) is 5.02 Å². The van der Waals surface area contributed by atoms with Crippen molar-refractivity contribution < 1.29 is 14.3 Å². The lowest BCUT2D eigenvalue weighted by Crippen LogP contribution is -2.18. The number of aromatic nitrogens is 1. The first kappa shape index (κ1) is 16.8. The Morgan fingerprint density at radius 3 is 2.91 bits per heavy atom. The van der Waals surface area contributed by atoms with Crippen LogP contribution in [0.4, 0.5) is 0 Å². The number of hydrogen-bond acceptors (Lipinski definition) is 5. The summed E-state index contributed by atoms with van der Waals surface area (Å²) in [7, 11) is 1.52. The van der Waals surface area contributed by atoms with Crippen molar-refractivity contribution in [2.45, 2.75) is 6.92 Å². The van der Waals surface area contributed by atoms with E-state index in [-0.39, 0.29) is 5.69 Å². The number of methoxy groups -OCH3 is 1. The van der Waals surface area contributed by atoms with Crippen molar-refractivity contribution in [1.82, 2.24) is 10.4 Å². The summed E-state index contributed by atoms with van der Waals surface area (Å²) in [6.45, 7) is 2.34. The summed E-state index contributed by atoms with van der Waals surface area (Å²) in [6.07, 6.45) is 3.00. The standard InChI is InChI=1S/C16H16ClN3O3/c1-3-23-14-9-11(8-12(17)15(14)22-2)10-19-20-16(21)13-6-4-5-7-18-13/h4-10H,3H2,1-2H3,(H,20,21)/b19-10-. The fourth-order valence-corrected chi connectivity index (χ4v) is 2.14. The Labute approximate surface area is 139 Å². The molecule has 0 radical (unpaired) electrons. The summed E-state index contributed by atoms with van der Waals surface area (Å²) in [4.78, 5) is 15.7. The highest BCUT2D eigenvalue weighted by molar-refractivity contribution is 6.32. The third-order valence-electron chi connectivity index (χ3n) is 2.81. The highest BCUT2D eigenvalue weighted by Gasteiger charge is 2.11. The fourth-order valence-electron chi connectivity index (χ4n) is 1.84. The number of hydrazone groups is 1. The van der Waals surface area contributed by atoms with Crippen LogP contribution in [-0.2, 0) is 0 Å². The molecule has 0 spiro atoms. The lowest BCUT2D eigenvalue weighted by atomic mass is 10.2. The molecule has 6 nitrogen and oxygen atoms in total. The first-order valence-electron chi connectivity index (χ1n) is 6.90. The van der Waals surface area contributed by atoms with E-state index in [1.165, 1.54) is 19.5 Å². The van der Waals surface area contributed by atoms with Crippen LogP contribution in [0.25, 0.3) is 0 Å². The van der Waals surface area contributed by atoms with Crippen molar-refractivity contribution in [2.75, 3.05) is 13.7 Å². The van der Waals surface area contributed by atoms with Crippen LogP contribution in [0.15, 0.2) is 41.6 Å². The van der Waals surface area contributed by atoms with E-state index in [0.29, 0.717) is 28.7 Å². The summed E-state index contributed by atoms with van der Waals surface area (Å²) in [6, 6.07) is 8.45. The van der Waals surface area contributed by atoms with Gasteiger partial charge in [-0.2, -0.15) is 5.10 Å². The maximum absolute atomic E-state index is 11.8. The Balaban J connectivity index is 2.12. The number of ether oxygens (including phenoxy) is 2. The van der Waals surface area contributed by atoms with E-state index in [2.05, 4.69) is 15.5 Å². The molecule has 120 valence electrons. The van der Waals surface area contributed by atoms with Crippen molar-refractivity contribution in [2.24, 2.45) is 5.10 Å². The van der Waals surface area contributed by atoms with Gasteiger partial charge in [0.15, 0.2) is 11.5 Å². The molecular formula is C16H16ClN3O3. The highest BCUT2D eigenvalue weighted by atomic mass is 35.5. The molecule has 0 saturated carbocycles. The van der Waals surface area contributed by atoms with Gasteiger partial charge in [-0.1, -0.05) is 17.7 Å². The van der Waals surface area contributed by atoms with Gasteiger partial charge in [-0.05, 0) is 36.8 Å². The molecular weight excluding hydrogens is 318 g/mol. The van der Waals surface area contributed by atoms with Crippen molar-refractivity contribution in [3.8, 4) is 11.5 Å². The minimum absolute atomic E-state index is 0.285. The van der Waals surface area contributed by atoms with Crippen molar-refractivity contribution >= 4 is 23.7 Å². The maximum atomic E-state index is 11.8. The van der Waals surface area contributed by atoms with Gasteiger partial charge in [-0.15, -0.1) is 0 Å². The molecule has 0 aliphatic rings. The molecule has 0 atom stereocenters. The van der Waals surface area contributed by atoms with E-state index >= 15 is 0 Å². The summed E-state index contributed by atoms with van der Waals surface area (Å²) < 4.78 is 10.7. The number of nitrogens with one attached hydrogen (secondary N) is 1. The summed E-state index contributed by atoms with van der Waals surface area (Å²) in [5, 5.41) is 4.30.